The van der Waals surface area contributed by atoms with E-state index in [1.807, 2.05) is 6.07 Å². The van der Waals surface area contributed by atoms with Crippen molar-refractivity contribution >= 4 is 17.5 Å². The Morgan fingerprint density at radius 3 is 2.50 bits per heavy atom. The van der Waals surface area contributed by atoms with Crippen molar-refractivity contribution < 1.29 is 18.0 Å². The number of hydrogen-bond acceptors (Lipinski definition) is 5. The second kappa shape index (κ2) is 10.3. The van der Waals surface area contributed by atoms with Crippen molar-refractivity contribution in [1.29, 1.82) is 0 Å². The van der Waals surface area contributed by atoms with Gasteiger partial charge in [0.15, 0.2) is 5.78 Å². The Morgan fingerprint density at radius 1 is 1.09 bits per heavy atom. The zero-order chi connectivity index (χ0) is 24.4. The molecule has 4 atom stereocenters. The number of nitrogens with zero attached hydrogens (tertiary/aromatic N) is 2. The molecule has 0 bridgehead atoms. The van der Waals surface area contributed by atoms with Crippen molar-refractivity contribution in [3.8, 4) is 11.3 Å². The molecule has 0 amide bonds. The van der Waals surface area contributed by atoms with E-state index in [2.05, 4.69) is 23.1 Å². The predicted octanol–water partition coefficient (Wildman–Crippen LogP) is 5.56. The van der Waals surface area contributed by atoms with Gasteiger partial charge in [-0.2, -0.15) is 11.8 Å². The van der Waals surface area contributed by atoms with Gasteiger partial charge >= 0.3 is 0 Å². The summed E-state index contributed by atoms with van der Waals surface area (Å²) < 4.78 is 42.9. The maximum absolute atomic E-state index is 14.4. The first-order valence-corrected chi connectivity index (χ1v) is 12.4. The smallest absolute Gasteiger partial charge is 0.185 e. The number of benzene rings is 1. The number of rotatable bonds is 6. The minimum Gasteiger partial charge on any atom is -0.327 e. The Hall–Kier alpha value is -2.71. The Morgan fingerprint density at radius 2 is 1.82 bits per heavy atom. The third-order valence-corrected chi connectivity index (χ3v) is 7.89. The van der Waals surface area contributed by atoms with Gasteiger partial charge in [-0.25, -0.2) is 18.2 Å². The van der Waals surface area contributed by atoms with Gasteiger partial charge in [-0.3, -0.25) is 9.78 Å². The average Bonchev–Trinajstić information content (AvgIpc) is 2.80. The lowest BCUT2D eigenvalue weighted by Crippen LogP contribution is -2.42. The number of ketones is 1. The van der Waals surface area contributed by atoms with Gasteiger partial charge in [0.2, 0.25) is 0 Å². The van der Waals surface area contributed by atoms with Gasteiger partial charge in [-0.05, 0) is 72.4 Å². The summed E-state index contributed by atoms with van der Waals surface area (Å²) in [6, 6.07) is 7.45. The topological polar surface area (TPSA) is 68.9 Å². The van der Waals surface area contributed by atoms with Crippen LogP contribution in [0.1, 0.15) is 47.3 Å². The van der Waals surface area contributed by atoms with Crippen LogP contribution in [0.2, 0.25) is 0 Å². The van der Waals surface area contributed by atoms with Crippen LogP contribution in [-0.4, -0.2) is 33.3 Å². The van der Waals surface area contributed by atoms with Crippen molar-refractivity contribution in [1.82, 2.24) is 9.97 Å². The SMILES string of the molecule is CS[C@H]1[C@H](N)C[C@H](c2ccncc2CC(=O)c2ccc(F)c(-c3c(F)cccc3F)n2)C[C@@H]1C. The largest absolute Gasteiger partial charge is 0.327 e. The Kier molecular flexibility index (Phi) is 7.38. The van der Waals surface area contributed by atoms with Crippen LogP contribution in [0.4, 0.5) is 13.2 Å². The molecule has 1 aliphatic carbocycles. The molecular weight excluding hydrogens is 459 g/mol. The molecule has 34 heavy (non-hydrogen) atoms. The van der Waals surface area contributed by atoms with E-state index < -0.39 is 28.7 Å². The van der Waals surface area contributed by atoms with Crippen molar-refractivity contribution in [3.05, 3.63) is 83.1 Å². The van der Waals surface area contributed by atoms with E-state index in [1.165, 1.54) is 12.1 Å². The molecule has 0 aliphatic heterocycles. The summed E-state index contributed by atoms with van der Waals surface area (Å²) in [6.45, 7) is 2.20. The lowest BCUT2D eigenvalue weighted by atomic mass is 9.75. The molecule has 2 N–H and O–H groups in total. The fourth-order valence-electron chi connectivity index (χ4n) is 4.97. The molecule has 1 aliphatic rings. The van der Waals surface area contributed by atoms with Gasteiger partial charge in [-0.15, -0.1) is 0 Å². The number of carbonyl (C=O) groups is 1. The number of halogens is 3. The molecule has 2 heterocycles. The van der Waals surface area contributed by atoms with Gasteiger partial charge in [0.05, 0.1) is 5.56 Å². The fourth-order valence-corrected chi connectivity index (χ4v) is 6.01. The molecule has 1 fully saturated rings. The Bertz CT molecular complexity index is 1170. The zero-order valence-corrected chi connectivity index (χ0v) is 19.8. The minimum atomic E-state index is -0.947. The zero-order valence-electron chi connectivity index (χ0n) is 19.0. The third kappa shape index (κ3) is 4.88. The van der Waals surface area contributed by atoms with Crippen LogP contribution in [0.15, 0.2) is 48.8 Å². The van der Waals surface area contributed by atoms with E-state index in [0.717, 1.165) is 42.2 Å². The average molecular weight is 486 g/mol. The highest BCUT2D eigenvalue weighted by Crippen LogP contribution is 2.41. The molecule has 0 radical (unpaired) electrons. The molecule has 8 heteroatoms. The molecule has 4 rings (SSSR count). The fraction of sp³-hybridized carbons (Fsp3) is 0.346. The van der Waals surface area contributed by atoms with E-state index in [9.17, 15) is 18.0 Å². The van der Waals surface area contributed by atoms with Crippen LogP contribution in [0, 0.1) is 23.4 Å². The van der Waals surface area contributed by atoms with Crippen LogP contribution < -0.4 is 5.73 Å². The molecule has 4 nitrogen and oxygen atoms in total. The molecular formula is C26H26F3N3OS. The molecule has 0 unspecified atom stereocenters. The number of carbonyl (C=O) groups excluding carboxylic acids is 1. The van der Waals surface area contributed by atoms with Gasteiger partial charge < -0.3 is 5.73 Å². The molecule has 2 aromatic heterocycles. The van der Waals surface area contributed by atoms with Crippen LogP contribution in [0.5, 0.6) is 0 Å². The Labute approximate surface area is 201 Å². The first-order valence-electron chi connectivity index (χ1n) is 11.2. The van der Waals surface area contributed by atoms with E-state index in [1.54, 1.807) is 24.2 Å². The summed E-state index contributed by atoms with van der Waals surface area (Å²) in [5.41, 5.74) is 7.04. The summed E-state index contributed by atoms with van der Waals surface area (Å²) in [6.07, 6.45) is 7.20. The standard InChI is InChI=1S/C26H26F3N3OS/c1-14-10-15(11-21(30)26(14)34-2)17-8-9-31-13-16(17)12-23(33)22-7-6-20(29)25(32-22)24-18(27)4-3-5-19(24)28/h3-9,13-15,21,26H,10-12,30H2,1-2H3/t14-,15+,21+,26+/m0/s1. The van der Waals surface area contributed by atoms with Gasteiger partial charge in [0.1, 0.15) is 28.8 Å². The highest BCUT2D eigenvalue weighted by atomic mass is 32.2. The Balaban J connectivity index is 1.62. The molecule has 0 spiro atoms. The summed E-state index contributed by atoms with van der Waals surface area (Å²) in [5.74, 6) is -2.56. The van der Waals surface area contributed by atoms with E-state index in [0.29, 0.717) is 11.2 Å². The molecule has 1 saturated carbocycles. The number of aromatic nitrogens is 2. The summed E-state index contributed by atoms with van der Waals surface area (Å²) in [7, 11) is 0. The van der Waals surface area contributed by atoms with Crippen LogP contribution in [0.3, 0.4) is 0 Å². The highest BCUT2D eigenvalue weighted by Gasteiger charge is 2.34. The number of hydrogen-bond donors (Lipinski definition) is 1. The number of thioether (sulfide) groups is 1. The van der Waals surface area contributed by atoms with Crippen molar-refractivity contribution in [2.75, 3.05) is 6.26 Å². The van der Waals surface area contributed by atoms with E-state index in [-0.39, 0.29) is 29.9 Å². The quantitative estimate of drug-likeness (QED) is 0.463. The monoisotopic (exact) mass is 485 g/mol. The predicted molar refractivity (Wildman–Crippen MR) is 128 cm³/mol. The van der Waals surface area contributed by atoms with Gasteiger partial charge in [0.25, 0.3) is 0 Å². The maximum atomic E-state index is 14.4. The first-order chi connectivity index (χ1) is 16.3. The second-order valence-electron chi connectivity index (χ2n) is 8.81. The lowest BCUT2D eigenvalue weighted by molar-refractivity contribution is 0.0987. The van der Waals surface area contributed by atoms with Crippen molar-refractivity contribution in [3.63, 3.8) is 0 Å². The molecule has 1 aromatic carbocycles. The van der Waals surface area contributed by atoms with Crippen LogP contribution >= 0.6 is 11.8 Å². The van der Waals surface area contributed by atoms with Crippen LogP contribution in [-0.2, 0) is 6.42 Å². The second-order valence-corrected chi connectivity index (χ2v) is 9.82. The van der Waals surface area contributed by atoms with E-state index >= 15 is 0 Å². The molecule has 3 aromatic rings. The highest BCUT2D eigenvalue weighted by molar-refractivity contribution is 7.99. The summed E-state index contributed by atoms with van der Waals surface area (Å²) in [4.78, 5) is 21.3. The first kappa shape index (κ1) is 24.4. The van der Waals surface area contributed by atoms with Crippen LogP contribution in [0.25, 0.3) is 11.3 Å². The normalized spacial score (nSPS) is 22.5. The summed E-state index contributed by atoms with van der Waals surface area (Å²) >= 11 is 1.79. The van der Waals surface area contributed by atoms with E-state index in [4.69, 9.17) is 5.73 Å². The minimum absolute atomic E-state index is 0.00687. The van der Waals surface area contributed by atoms with Crippen molar-refractivity contribution in [2.24, 2.45) is 11.7 Å². The number of nitrogens with two attached hydrogens (primary N) is 1. The number of Topliss-reactive ketones (excluding diaryl/α,β-unsaturated/α-hetero) is 1. The van der Waals surface area contributed by atoms with Gasteiger partial charge in [0, 0.05) is 30.1 Å². The third-order valence-electron chi connectivity index (χ3n) is 6.53. The molecule has 0 saturated heterocycles. The van der Waals surface area contributed by atoms with Gasteiger partial charge in [-0.1, -0.05) is 13.0 Å². The lowest BCUT2D eigenvalue weighted by Gasteiger charge is -2.38. The maximum Gasteiger partial charge on any atom is 0.185 e. The summed E-state index contributed by atoms with van der Waals surface area (Å²) in [5, 5.41) is 0.392. The van der Waals surface area contributed by atoms with Crippen molar-refractivity contribution in [2.45, 2.75) is 43.4 Å². The number of pyridine rings is 2. The molecule has 178 valence electrons.